The van der Waals surface area contributed by atoms with Crippen molar-refractivity contribution in [2.75, 3.05) is 13.1 Å². The number of hydrogen-bond acceptors (Lipinski definition) is 3. The molecule has 0 spiro atoms. The molecule has 1 aromatic heterocycles. The van der Waals surface area contributed by atoms with Crippen LogP contribution in [0.5, 0.6) is 0 Å². The van der Waals surface area contributed by atoms with Gasteiger partial charge in [-0.2, -0.15) is 0 Å². The Kier molecular flexibility index (Phi) is 6.54. The number of nitrogens with zero attached hydrogens (tertiary/aromatic N) is 2. The first-order valence-corrected chi connectivity index (χ1v) is 11.9. The number of amides is 1. The molecule has 1 fully saturated rings. The third-order valence-corrected chi connectivity index (χ3v) is 6.43. The molecule has 5 nitrogen and oxygen atoms in total. The zero-order valence-corrected chi connectivity index (χ0v) is 19.5. The first-order valence-electron chi connectivity index (χ1n) is 11.9. The van der Waals surface area contributed by atoms with E-state index in [1.807, 2.05) is 36.4 Å². The monoisotopic (exact) mass is 450 g/mol. The predicted molar refractivity (Wildman–Crippen MR) is 138 cm³/mol. The zero-order chi connectivity index (χ0) is 23.3. The molecule has 0 bridgehead atoms. The Labute approximate surface area is 200 Å². The summed E-state index contributed by atoms with van der Waals surface area (Å²) in [6.45, 7) is 5.07. The van der Waals surface area contributed by atoms with Gasteiger partial charge >= 0.3 is 0 Å². The minimum absolute atomic E-state index is 0.0294. The van der Waals surface area contributed by atoms with E-state index in [0.29, 0.717) is 0 Å². The number of aryl methyl sites for hydroxylation is 1. The summed E-state index contributed by atoms with van der Waals surface area (Å²) in [5.74, 6) is 0.825. The van der Waals surface area contributed by atoms with Gasteiger partial charge in [0.1, 0.15) is 5.82 Å². The molecule has 0 saturated carbocycles. The molecule has 0 unspecified atom stereocenters. The van der Waals surface area contributed by atoms with Crippen LogP contribution < -0.4 is 5.32 Å². The highest BCUT2D eigenvalue weighted by Crippen LogP contribution is 2.22. The minimum Gasteiger partial charge on any atom is -0.350 e. The Morgan fingerprint density at radius 1 is 1.06 bits per heavy atom. The van der Waals surface area contributed by atoms with E-state index in [1.165, 1.54) is 11.1 Å². The second-order valence-electron chi connectivity index (χ2n) is 9.11. The van der Waals surface area contributed by atoms with Crippen molar-refractivity contribution in [2.24, 2.45) is 0 Å². The van der Waals surface area contributed by atoms with E-state index in [0.717, 1.165) is 60.5 Å². The van der Waals surface area contributed by atoms with Gasteiger partial charge in [0.05, 0.1) is 11.0 Å². The number of aromatic nitrogens is 2. The lowest BCUT2D eigenvalue weighted by Gasteiger charge is -2.32. The summed E-state index contributed by atoms with van der Waals surface area (Å²) in [6.07, 6.45) is 5.47. The molecule has 2 heterocycles. The van der Waals surface area contributed by atoms with Crippen LogP contribution in [0, 0.1) is 6.92 Å². The molecule has 4 aromatic rings. The lowest BCUT2D eigenvalue weighted by Crippen LogP contribution is -2.43. The quantitative estimate of drug-likeness (QED) is 0.390. The third-order valence-electron chi connectivity index (χ3n) is 6.43. The average Bonchev–Trinajstić information content (AvgIpc) is 3.28. The topological polar surface area (TPSA) is 61.0 Å². The molecule has 1 aliphatic rings. The van der Waals surface area contributed by atoms with Crippen molar-refractivity contribution < 1.29 is 4.79 Å². The molecule has 0 radical (unpaired) electrons. The van der Waals surface area contributed by atoms with Gasteiger partial charge in [0, 0.05) is 37.3 Å². The van der Waals surface area contributed by atoms with Crippen molar-refractivity contribution in [1.82, 2.24) is 20.2 Å². The molecule has 0 aliphatic carbocycles. The maximum atomic E-state index is 12.4. The maximum Gasteiger partial charge on any atom is 0.244 e. The summed E-state index contributed by atoms with van der Waals surface area (Å²) in [5.41, 5.74) is 6.57. The second kappa shape index (κ2) is 10.1. The molecule has 1 aliphatic heterocycles. The van der Waals surface area contributed by atoms with Gasteiger partial charge in [-0.1, -0.05) is 60.7 Å². The molecule has 34 heavy (non-hydrogen) atoms. The van der Waals surface area contributed by atoms with Crippen LogP contribution >= 0.6 is 0 Å². The largest absolute Gasteiger partial charge is 0.350 e. The van der Waals surface area contributed by atoms with Gasteiger partial charge in [-0.25, -0.2) is 4.98 Å². The van der Waals surface area contributed by atoms with E-state index in [-0.39, 0.29) is 11.9 Å². The van der Waals surface area contributed by atoms with Crippen molar-refractivity contribution in [2.45, 2.75) is 32.4 Å². The van der Waals surface area contributed by atoms with Gasteiger partial charge < -0.3 is 10.3 Å². The number of carbonyl (C=O) groups excluding carboxylic acids is 1. The van der Waals surface area contributed by atoms with Crippen molar-refractivity contribution in [3.8, 4) is 11.4 Å². The molecule has 5 rings (SSSR count). The Bertz CT molecular complexity index is 1280. The number of benzene rings is 3. The molecular formula is C29H30N4O. The molecule has 1 amide bonds. The van der Waals surface area contributed by atoms with E-state index in [1.54, 1.807) is 6.08 Å². The molecule has 2 N–H and O–H groups in total. The van der Waals surface area contributed by atoms with E-state index >= 15 is 0 Å². The molecular weight excluding hydrogens is 420 g/mol. The zero-order valence-electron chi connectivity index (χ0n) is 19.5. The van der Waals surface area contributed by atoms with Crippen LogP contribution in [0.1, 0.15) is 29.5 Å². The van der Waals surface area contributed by atoms with E-state index in [4.69, 9.17) is 0 Å². The van der Waals surface area contributed by atoms with Crippen LogP contribution in [0.4, 0.5) is 0 Å². The molecule has 1 saturated heterocycles. The van der Waals surface area contributed by atoms with Crippen LogP contribution in [-0.4, -0.2) is 39.9 Å². The van der Waals surface area contributed by atoms with Crippen LogP contribution in [0.25, 0.3) is 28.5 Å². The maximum absolute atomic E-state index is 12.4. The van der Waals surface area contributed by atoms with Crippen LogP contribution in [0.3, 0.4) is 0 Å². The Morgan fingerprint density at radius 3 is 2.59 bits per heavy atom. The number of nitrogens with one attached hydrogen (secondary N) is 2. The minimum atomic E-state index is -0.0294. The number of carbonyl (C=O) groups is 1. The normalized spacial score (nSPS) is 15.2. The second-order valence-corrected chi connectivity index (χ2v) is 9.11. The van der Waals surface area contributed by atoms with Gasteiger partial charge in [0.25, 0.3) is 0 Å². The lowest BCUT2D eigenvalue weighted by atomic mass is 10.0. The number of imidazole rings is 1. The summed E-state index contributed by atoms with van der Waals surface area (Å²) >= 11 is 0. The fraction of sp³-hybridized carbons (Fsp3) is 0.241. The van der Waals surface area contributed by atoms with E-state index in [9.17, 15) is 4.79 Å². The number of aromatic amines is 1. The van der Waals surface area contributed by atoms with Crippen molar-refractivity contribution in [1.29, 1.82) is 0 Å². The molecule has 5 heteroatoms. The SMILES string of the molecule is Cc1ccc2nc(-c3ccc(/C=C/C(=O)NC4CCN(Cc5ccccc5)CC4)cc3)[nH]c2c1. The standard InChI is InChI=1S/C29H30N4O/c1-21-7-13-26-27(19-21)32-29(31-26)24-11-8-22(9-12-24)10-14-28(34)30-25-15-17-33(18-16-25)20-23-5-3-2-4-6-23/h2-14,19,25H,15-18,20H2,1H3,(H,30,34)(H,31,32)/b14-10+. The molecule has 172 valence electrons. The highest BCUT2D eigenvalue weighted by atomic mass is 16.1. The van der Waals surface area contributed by atoms with Gasteiger partial charge in [-0.05, 0) is 54.7 Å². The van der Waals surface area contributed by atoms with Crippen LogP contribution in [0.15, 0.2) is 78.9 Å². The van der Waals surface area contributed by atoms with Crippen molar-refractivity contribution in [3.05, 3.63) is 95.6 Å². The Morgan fingerprint density at radius 2 is 1.82 bits per heavy atom. The molecule has 0 atom stereocenters. The van der Waals surface area contributed by atoms with Crippen LogP contribution in [-0.2, 0) is 11.3 Å². The fourth-order valence-corrected chi connectivity index (χ4v) is 4.51. The average molecular weight is 451 g/mol. The van der Waals surface area contributed by atoms with Gasteiger partial charge in [0.2, 0.25) is 5.91 Å². The highest BCUT2D eigenvalue weighted by Gasteiger charge is 2.20. The van der Waals surface area contributed by atoms with E-state index < -0.39 is 0 Å². The summed E-state index contributed by atoms with van der Waals surface area (Å²) in [7, 11) is 0. The molecule has 3 aromatic carbocycles. The van der Waals surface area contributed by atoms with Crippen molar-refractivity contribution >= 4 is 23.0 Å². The third kappa shape index (κ3) is 5.43. The first-order chi connectivity index (χ1) is 16.6. The van der Waals surface area contributed by atoms with Gasteiger partial charge in [0.15, 0.2) is 0 Å². The van der Waals surface area contributed by atoms with Crippen LogP contribution in [0.2, 0.25) is 0 Å². The van der Waals surface area contributed by atoms with E-state index in [2.05, 4.69) is 69.6 Å². The Balaban J connectivity index is 1.12. The fourth-order valence-electron chi connectivity index (χ4n) is 4.51. The number of likely N-dealkylation sites (tertiary alicyclic amines) is 1. The summed E-state index contributed by atoms with van der Waals surface area (Å²) in [6, 6.07) is 25.1. The van der Waals surface area contributed by atoms with Gasteiger partial charge in [-0.3, -0.25) is 9.69 Å². The Hall–Kier alpha value is -3.70. The predicted octanol–water partition coefficient (Wildman–Crippen LogP) is 5.33. The summed E-state index contributed by atoms with van der Waals surface area (Å²) in [4.78, 5) is 23.0. The number of H-pyrrole nitrogens is 1. The highest BCUT2D eigenvalue weighted by molar-refractivity contribution is 5.92. The number of rotatable bonds is 6. The van der Waals surface area contributed by atoms with Gasteiger partial charge in [-0.15, -0.1) is 0 Å². The van der Waals surface area contributed by atoms with Crippen molar-refractivity contribution in [3.63, 3.8) is 0 Å². The summed E-state index contributed by atoms with van der Waals surface area (Å²) < 4.78 is 0. The first kappa shape index (κ1) is 22.1. The summed E-state index contributed by atoms with van der Waals surface area (Å²) in [5, 5.41) is 3.16. The lowest BCUT2D eigenvalue weighted by molar-refractivity contribution is -0.117. The number of fused-ring (bicyclic) bond motifs is 1. The number of hydrogen-bond donors (Lipinski definition) is 2. The smallest absolute Gasteiger partial charge is 0.244 e. The number of piperidine rings is 1.